The van der Waals surface area contributed by atoms with E-state index in [9.17, 15) is 14.2 Å². The zero-order valence-corrected chi connectivity index (χ0v) is 29.5. The largest absolute Gasteiger partial charge is 0.530 e. The second-order valence-electron chi connectivity index (χ2n) is 13.0. The summed E-state index contributed by atoms with van der Waals surface area (Å²) < 4.78 is 74.1. The average Bonchev–Trinajstić information content (AvgIpc) is 3.58. The van der Waals surface area contributed by atoms with Crippen molar-refractivity contribution in [3.8, 4) is 5.75 Å². The Labute approximate surface area is 287 Å². The van der Waals surface area contributed by atoms with E-state index < -0.39 is 56.5 Å². The van der Waals surface area contributed by atoms with E-state index in [2.05, 4.69) is 11.9 Å². The molecule has 2 N–H and O–H groups in total. The standard InChI is InChI=1S/C35H52F2N3O8P/c1-2-3-4-5-6-7-8-9-10-11-12-13-18-31(40-21-19-32(38)39-34(40)42)35(36,37)23-28(33(41)47-29-20-22-44-26-29)25-46-49(43)45-24-27-16-14-15-17-30(27)48-49/h14-17,19,21,28-29,31H,2-13,18,20,22-26H2,1H3,(H2,38,39,42). The zero-order valence-electron chi connectivity index (χ0n) is 28.6. The van der Waals surface area contributed by atoms with Crippen LogP contribution < -0.4 is 15.9 Å². The van der Waals surface area contributed by atoms with E-state index in [1.165, 1.54) is 57.2 Å². The first-order chi connectivity index (χ1) is 23.6. The number of carbonyl (C=O) groups excluding carboxylic acids is 1. The molecular formula is C35H52F2N3O8P. The van der Waals surface area contributed by atoms with Crippen molar-refractivity contribution >= 4 is 19.6 Å². The fraction of sp³-hybridized carbons (Fsp3) is 0.686. The Morgan fingerprint density at radius 1 is 1.06 bits per heavy atom. The summed E-state index contributed by atoms with van der Waals surface area (Å²) in [5, 5.41) is 0. The summed E-state index contributed by atoms with van der Waals surface area (Å²) in [5.41, 5.74) is 5.39. The first kappa shape index (κ1) is 38.9. The minimum absolute atomic E-state index is 0.0312. The highest BCUT2D eigenvalue weighted by molar-refractivity contribution is 7.49. The molecule has 0 saturated carbocycles. The van der Waals surface area contributed by atoms with E-state index >= 15 is 8.78 Å². The van der Waals surface area contributed by atoms with Crippen LogP contribution in [-0.2, 0) is 34.5 Å². The number of nitrogen functional groups attached to an aromatic ring is 1. The molecule has 1 fully saturated rings. The van der Waals surface area contributed by atoms with Crippen molar-refractivity contribution in [2.24, 2.45) is 5.92 Å². The number of rotatable bonds is 22. The molecule has 274 valence electrons. The van der Waals surface area contributed by atoms with Crippen LogP contribution in [0.1, 0.15) is 115 Å². The maximum Gasteiger partial charge on any atom is 0.530 e. The Bertz CT molecular complexity index is 1420. The molecule has 11 nitrogen and oxygen atoms in total. The number of esters is 1. The third kappa shape index (κ3) is 12.5. The van der Waals surface area contributed by atoms with Gasteiger partial charge in [0.25, 0.3) is 5.92 Å². The van der Waals surface area contributed by atoms with Crippen LogP contribution in [0.2, 0.25) is 0 Å². The minimum atomic E-state index is -4.23. The molecule has 4 atom stereocenters. The Hall–Kier alpha value is -2.86. The quantitative estimate of drug-likeness (QED) is 0.0722. The number of halogens is 2. The fourth-order valence-electron chi connectivity index (χ4n) is 6.19. The molecule has 2 aliphatic heterocycles. The minimum Gasteiger partial charge on any atom is -0.460 e. The second-order valence-corrected chi connectivity index (χ2v) is 14.6. The van der Waals surface area contributed by atoms with E-state index in [-0.39, 0.29) is 31.2 Å². The highest BCUT2D eigenvalue weighted by atomic mass is 31.2. The Morgan fingerprint density at radius 3 is 2.39 bits per heavy atom. The lowest BCUT2D eigenvalue weighted by atomic mass is 9.92. The van der Waals surface area contributed by atoms with Crippen molar-refractivity contribution in [2.45, 2.75) is 128 Å². The van der Waals surface area contributed by atoms with E-state index in [1.54, 1.807) is 24.3 Å². The van der Waals surface area contributed by atoms with Gasteiger partial charge in [0, 0.05) is 24.6 Å². The fourth-order valence-corrected chi connectivity index (χ4v) is 7.45. The number of hydrogen-bond acceptors (Lipinski definition) is 10. The van der Waals surface area contributed by atoms with Gasteiger partial charge >= 0.3 is 19.5 Å². The third-order valence-corrected chi connectivity index (χ3v) is 10.4. The molecule has 0 amide bonds. The van der Waals surface area contributed by atoms with Gasteiger partial charge in [0.2, 0.25) is 0 Å². The Kier molecular flexibility index (Phi) is 15.5. The number of aromatic nitrogens is 2. The molecule has 49 heavy (non-hydrogen) atoms. The average molecular weight is 712 g/mol. The molecule has 4 rings (SSSR count). The molecule has 3 heterocycles. The predicted molar refractivity (Wildman–Crippen MR) is 181 cm³/mol. The number of para-hydroxylation sites is 1. The first-order valence-electron chi connectivity index (χ1n) is 17.8. The molecule has 2 aliphatic rings. The van der Waals surface area contributed by atoms with Gasteiger partial charge in [-0.1, -0.05) is 102 Å². The van der Waals surface area contributed by atoms with Crippen molar-refractivity contribution in [2.75, 3.05) is 25.6 Å². The number of anilines is 1. The summed E-state index contributed by atoms with van der Waals surface area (Å²) in [4.78, 5) is 29.8. The number of fused-ring (bicyclic) bond motifs is 1. The van der Waals surface area contributed by atoms with Gasteiger partial charge in [0.1, 0.15) is 23.7 Å². The van der Waals surface area contributed by atoms with Crippen molar-refractivity contribution in [3.63, 3.8) is 0 Å². The highest BCUT2D eigenvalue weighted by Gasteiger charge is 2.46. The van der Waals surface area contributed by atoms with E-state index in [4.69, 9.17) is 28.8 Å². The van der Waals surface area contributed by atoms with Crippen LogP contribution in [-0.4, -0.2) is 47.4 Å². The van der Waals surface area contributed by atoms with Gasteiger partial charge in [-0.3, -0.25) is 18.4 Å². The first-order valence-corrected chi connectivity index (χ1v) is 19.2. The maximum atomic E-state index is 16.4. The van der Waals surface area contributed by atoms with Crippen LogP contribution >= 0.6 is 7.82 Å². The van der Waals surface area contributed by atoms with E-state index in [1.807, 2.05) is 0 Å². The Balaban J connectivity index is 1.40. The number of ether oxygens (including phenoxy) is 2. The van der Waals surface area contributed by atoms with Gasteiger partial charge < -0.3 is 19.7 Å². The number of alkyl halides is 2. The summed E-state index contributed by atoms with van der Waals surface area (Å²) >= 11 is 0. The van der Waals surface area contributed by atoms with Crippen LogP contribution in [0.4, 0.5) is 14.6 Å². The molecule has 0 spiro atoms. The van der Waals surface area contributed by atoms with Crippen LogP contribution in [0.25, 0.3) is 0 Å². The number of unbranched alkanes of at least 4 members (excludes halogenated alkanes) is 11. The van der Waals surface area contributed by atoms with E-state index in [0.717, 1.165) is 30.3 Å². The smallest absolute Gasteiger partial charge is 0.460 e. The summed E-state index contributed by atoms with van der Waals surface area (Å²) in [6.45, 7) is 1.93. The lowest BCUT2D eigenvalue weighted by molar-refractivity contribution is -0.161. The van der Waals surface area contributed by atoms with Gasteiger partial charge in [-0.05, 0) is 18.6 Å². The highest BCUT2D eigenvalue weighted by Crippen LogP contribution is 2.55. The number of hydrogen-bond donors (Lipinski definition) is 1. The molecule has 1 aromatic carbocycles. The SMILES string of the molecule is CCCCCCCCCCCCCCC(n1ccc(N)nc1=O)C(F)(F)CC(COP1(=O)OCc2ccccc2O1)C(=O)OC1CCOC1. The predicted octanol–water partition coefficient (Wildman–Crippen LogP) is 8.17. The molecule has 0 radical (unpaired) electrons. The number of nitrogens with zero attached hydrogens (tertiary/aromatic N) is 2. The van der Waals surface area contributed by atoms with Gasteiger partial charge in [0.15, 0.2) is 0 Å². The molecule has 1 aromatic heterocycles. The second kappa shape index (κ2) is 19.5. The number of phosphoric acid groups is 1. The molecule has 1 saturated heterocycles. The third-order valence-electron chi connectivity index (χ3n) is 9.02. The summed E-state index contributed by atoms with van der Waals surface area (Å²) in [5.74, 6) is -5.92. The van der Waals surface area contributed by atoms with E-state index in [0.29, 0.717) is 25.0 Å². The number of carbonyl (C=O) groups is 1. The van der Waals surface area contributed by atoms with Crippen LogP contribution in [0.15, 0.2) is 41.3 Å². The molecular weight excluding hydrogens is 659 g/mol. The van der Waals surface area contributed by atoms with Gasteiger partial charge in [-0.2, -0.15) is 4.98 Å². The van der Waals surface area contributed by atoms with Crippen LogP contribution in [0.5, 0.6) is 5.75 Å². The van der Waals surface area contributed by atoms with Crippen molar-refractivity contribution in [1.29, 1.82) is 0 Å². The van der Waals surface area contributed by atoms with Crippen molar-refractivity contribution < 1.29 is 41.2 Å². The molecule has 14 heteroatoms. The topological polar surface area (TPSA) is 141 Å². The lowest BCUT2D eigenvalue weighted by Gasteiger charge is -2.32. The van der Waals surface area contributed by atoms with Crippen LogP contribution in [0.3, 0.4) is 0 Å². The summed E-state index contributed by atoms with van der Waals surface area (Å²) in [6, 6.07) is 6.44. The van der Waals surface area contributed by atoms with Gasteiger partial charge in [0.05, 0.1) is 32.3 Å². The maximum absolute atomic E-state index is 16.4. The van der Waals surface area contributed by atoms with Gasteiger partial charge in [-0.15, -0.1) is 0 Å². The van der Waals surface area contributed by atoms with Crippen molar-refractivity contribution in [1.82, 2.24) is 9.55 Å². The Morgan fingerprint density at radius 2 is 1.73 bits per heavy atom. The zero-order chi connectivity index (χ0) is 35.1. The normalized spacial score (nSPS) is 20.3. The summed E-state index contributed by atoms with van der Waals surface area (Å²) in [6.07, 6.45) is 12.9. The number of phosphoric ester groups is 1. The summed E-state index contributed by atoms with van der Waals surface area (Å²) in [7, 11) is -4.23. The number of nitrogens with two attached hydrogens (primary N) is 1. The van der Waals surface area contributed by atoms with Crippen LogP contribution in [0, 0.1) is 5.92 Å². The monoisotopic (exact) mass is 711 g/mol. The molecule has 0 aliphatic carbocycles. The number of benzene rings is 1. The molecule has 2 aromatic rings. The lowest BCUT2D eigenvalue weighted by Crippen LogP contribution is -2.41. The van der Waals surface area contributed by atoms with Crippen molar-refractivity contribution in [3.05, 3.63) is 52.6 Å². The van der Waals surface area contributed by atoms with Gasteiger partial charge in [-0.25, -0.2) is 18.1 Å². The molecule has 0 bridgehead atoms. The molecule has 4 unspecified atom stereocenters.